The summed E-state index contributed by atoms with van der Waals surface area (Å²) in [5, 5.41) is 0. The lowest BCUT2D eigenvalue weighted by Gasteiger charge is -2.28. The van der Waals surface area contributed by atoms with Crippen LogP contribution in [0.15, 0.2) is 18.2 Å². The molecule has 0 amide bonds. The Hall–Kier alpha value is -0.930. The van der Waals surface area contributed by atoms with E-state index in [9.17, 15) is 4.39 Å². The molecule has 0 spiro atoms. The van der Waals surface area contributed by atoms with Gasteiger partial charge in [-0.05, 0) is 36.5 Å². The SMILES string of the molecule is CCC1CCCC(OCc2cc(CN)ccc2F)C1. The predicted octanol–water partition coefficient (Wildman–Crippen LogP) is 3.77. The van der Waals surface area contributed by atoms with Crippen LogP contribution in [0.4, 0.5) is 4.39 Å². The van der Waals surface area contributed by atoms with E-state index in [2.05, 4.69) is 6.92 Å². The van der Waals surface area contributed by atoms with Crippen LogP contribution in [-0.4, -0.2) is 6.10 Å². The van der Waals surface area contributed by atoms with Gasteiger partial charge in [-0.15, -0.1) is 0 Å². The Bertz CT molecular complexity index is 408. The van der Waals surface area contributed by atoms with Gasteiger partial charge in [-0.2, -0.15) is 0 Å². The highest BCUT2D eigenvalue weighted by molar-refractivity contribution is 5.24. The Morgan fingerprint density at radius 1 is 1.37 bits per heavy atom. The van der Waals surface area contributed by atoms with Crippen molar-refractivity contribution in [3.05, 3.63) is 35.1 Å². The van der Waals surface area contributed by atoms with Crippen LogP contribution in [0, 0.1) is 11.7 Å². The number of hydrogen-bond donors (Lipinski definition) is 1. The van der Waals surface area contributed by atoms with Crippen molar-refractivity contribution in [1.29, 1.82) is 0 Å². The van der Waals surface area contributed by atoms with Crippen LogP contribution in [0.3, 0.4) is 0 Å². The van der Waals surface area contributed by atoms with Crippen molar-refractivity contribution in [2.75, 3.05) is 0 Å². The van der Waals surface area contributed by atoms with Crippen molar-refractivity contribution in [2.45, 2.75) is 58.3 Å². The fourth-order valence-electron chi connectivity index (χ4n) is 2.84. The molecule has 0 bridgehead atoms. The number of rotatable bonds is 5. The van der Waals surface area contributed by atoms with E-state index in [1.165, 1.54) is 25.3 Å². The molecule has 1 aliphatic carbocycles. The van der Waals surface area contributed by atoms with Crippen LogP contribution < -0.4 is 5.73 Å². The summed E-state index contributed by atoms with van der Waals surface area (Å²) in [6, 6.07) is 5.03. The first-order chi connectivity index (χ1) is 9.22. The van der Waals surface area contributed by atoms with E-state index < -0.39 is 0 Å². The summed E-state index contributed by atoms with van der Waals surface area (Å²) >= 11 is 0. The molecule has 0 radical (unpaired) electrons. The second-order valence-corrected chi connectivity index (χ2v) is 5.50. The van der Waals surface area contributed by atoms with E-state index in [0.717, 1.165) is 24.3 Å². The molecule has 3 heteroatoms. The quantitative estimate of drug-likeness (QED) is 0.879. The van der Waals surface area contributed by atoms with E-state index in [1.54, 1.807) is 6.07 Å². The Labute approximate surface area is 115 Å². The maximum Gasteiger partial charge on any atom is 0.128 e. The number of hydrogen-bond acceptors (Lipinski definition) is 2. The summed E-state index contributed by atoms with van der Waals surface area (Å²) in [5.41, 5.74) is 7.16. The summed E-state index contributed by atoms with van der Waals surface area (Å²) in [6.07, 6.45) is 6.28. The van der Waals surface area contributed by atoms with Gasteiger partial charge in [-0.3, -0.25) is 0 Å². The van der Waals surface area contributed by atoms with Crippen molar-refractivity contribution in [3.8, 4) is 0 Å². The van der Waals surface area contributed by atoms with E-state index in [0.29, 0.717) is 24.8 Å². The molecule has 2 unspecified atom stereocenters. The van der Waals surface area contributed by atoms with Gasteiger partial charge in [0, 0.05) is 12.1 Å². The zero-order chi connectivity index (χ0) is 13.7. The molecular weight excluding hydrogens is 241 g/mol. The molecule has 0 aliphatic heterocycles. The zero-order valence-electron chi connectivity index (χ0n) is 11.7. The van der Waals surface area contributed by atoms with Gasteiger partial charge in [-0.25, -0.2) is 4.39 Å². The molecule has 19 heavy (non-hydrogen) atoms. The van der Waals surface area contributed by atoms with E-state index in [4.69, 9.17) is 10.5 Å². The summed E-state index contributed by atoms with van der Waals surface area (Å²) < 4.78 is 19.6. The normalized spacial score (nSPS) is 23.5. The third-order valence-corrected chi connectivity index (χ3v) is 4.13. The number of benzene rings is 1. The largest absolute Gasteiger partial charge is 0.373 e. The van der Waals surface area contributed by atoms with Gasteiger partial charge in [-0.1, -0.05) is 32.3 Å². The standard InChI is InChI=1S/C16H24FNO/c1-2-12-4-3-5-15(9-12)19-11-14-8-13(10-18)6-7-16(14)17/h6-8,12,15H,2-5,9-11,18H2,1H3. The second kappa shape index (κ2) is 7.01. The zero-order valence-corrected chi connectivity index (χ0v) is 11.7. The molecule has 0 heterocycles. The number of halogens is 1. The fourth-order valence-corrected chi connectivity index (χ4v) is 2.84. The molecule has 2 nitrogen and oxygen atoms in total. The average molecular weight is 265 g/mol. The molecule has 2 rings (SSSR count). The molecule has 106 valence electrons. The van der Waals surface area contributed by atoms with E-state index in [-0.39, 0.29) is 5.82 Å². The Kier molecular flexibility index (Phi) is 5.34. The van der Waals surface area contributed by atoms with Gasteiger partial charge in [0.05, 0.1) is 12.7 Å². The molecular formula is C16H24FNO. The van der Waals surface area contributed by atoms with Gasteiger partial charge in [0.25, 0.3) is 0 Å². The molecule has 1 aromatic carbocycles. The van der Waals surface area contributed by atoms with Gasteiger partial charge < -0.3 is 10.5 Å². The molecule has 2 N–H and O–H groups in total. The minimum Gasteiger partial charge on any atom is -0.373 e. The highest BCUT2D eigenvalue weighted by atomic mass is 19.1. The van der Waals surface area contributed by atoms with Crippen molar-refractivity contribution < 1.29 is 9.13 Å². The van der Waals surface area contributed by atoms with Gasteiger partial charge in [0.2, 0.25) is 0 Å². The monoisotopic (exact) mass is 265 g/mol. The van der Waals surface area contributed by atoms with Crippen LogP contribution in [0.5, 0.6) is 0 Å². The van der Waals surface area contributed by atoms with Gasteiger partial charge in [0.1, 0.15) is 5.82 Å². The summed E-state index contributed by atoms with van der Waals surface area (Å²) in [4.78, 5) is 0. The molecule has 1 aliphatic rings. The molecule has 0 aromatic heterocycles. The summed E-state index contributed by atoms with van der Waals surface area (Å²) in [7, 11) is 0. The van der Waals surface area contributed by atoms with Gasteiger partial charge >= 0.3 is 0 Å². The Morgan fingerprint density at radius 2 is 2.21 bits per heavy atom. The lowest BCUT2D eigenvalue weighted by Crippen LogP contribution is -2.22. The first kappa shape index (κ1) is 14.5. The second-order valence-electron chi connectivity index (χ2n) is 5.50. The lowest BCUT2D eigenvalue weighted by atomic mass is 9.85. The first-order valence-electron chi connectivity index (χ1n) is 7.32. The van der Waals surface area contributed by atoms with Crippen LogP contribution in [0.2, 0.25) is 0 Å². The van der Waals surface area contributed by atoms with Crippen molar-refractivity contribution >= 4 is 0 Å². The highest BCUT2D eigenvalue weighted by Gasteiger charge is 2.21. The minimum absolute atomic E-state index is 0.194. The van der Waals surface area contributed by atoms with Crippen LogP contribution in [0.25, 0.3) is 0 Å². The third-order valence-electron chi connectivity index (χ3n) is 4.13. The van der Waals surface area contributed by atoms with Crippen molar-refractivity contribution in [2.24, 2.45) is 11.7 Å². The molecule has 1 fully saturated rings. The fraction of sp³-hybridized carbons (Fsp3) is 0.625. The van der Waals surface area contributed by atoms with Crippen molar-refractivity contribution in [1.82, 2.24) is 0 Å². The van der Waals surface area contributed by atoms with Crippen molar-refractivity contribution in [3.63, 3.8) is 0 Å². The van der Waals surface area contributed by atoms with E-state index in [1.807, 2.05) is 6.07 Å². The lowest BCUT2D eigenvalue weighted by molar-refractivity contribution is 0.000638. The van der Waals surface area contributed by atoms with Crippen LogP contribution >= 0.6 is 0 Å². The first-order valence-corrected chi connectivity index (χ1v) is 7.32. The molecule has 1 saturated carbocycles. The summed E-state index contributed by atoms with van der Waals surface area (Å²) in [5.74, 6) is 0.582. The average Bonchev–Trinajstić information content (AvgIpc) is 2.46. The van der Waals surface area contributed by atoms with Crippen LogP contribution in [-0.2, 0) is 17.9 Å². The Balaban J connectivity index is 1.91. The molecule has 2 atom stereocenters. The highest BCUT2D eigenvalue weighted by Crippen LogP contribution is 2.29. The number of nitrogens with two attached hydrogens (primary N) is 1. The maximum absolute atomic E-state index is 13.7. The smallest absolute Gasteiger partial charge is 0.128 e. The maximum atomic E-state index is 13.7. The topological polar surface area (TPSA) is 35.2 Å². The Morgan fingerprint density at radius 3 is 2.95 bits per heavy atom. The number of ether oxygens (including phenoxy) is 1. The molecule has 0 saturated heterocycles. The predicted molar refractivity (Wildman–Crippen MR) is 75.1 cm³/mol. The van der Waals surface area contributed by atoms with Crippen LogP contribution in [0.1, 0.15) is 50.2 Å². The van der Waals surface area contributed by atoms with E-state index >= 15 is 0 Å². The summed E-state index contributed by atoms with van der Waals surface area (Å²) in [6.45, 7) is 3.03. The molecule has 1 aromatic rings. The minimum atomic E-state index is -0.194. The van der Waals surface area contributed by atoms with Gasteiger partial charge in [0.15, 0.2) is 0 Å². The third kappa shape index (κ3) is 4.02.